The normalized spacial score (nSPS) is 17.9. The lowest BCUT2D eigenvalue weighted by Crippen LogP contribution is -2.38. The highest BCUT2D eigenvalue weighted by atomic mass is 79.9. The average molecular weight is 319 g/mol. The number of nitrogens with zero attached hydrogens (tertiary/aromatic N) is 1. The van der Waals surface area contributed by atoms with E-state index in [2.05, 4.69) is 26.1 Å². The van der Waals surface area contributed by atoms with Crippen LogP contribution < -0.4 is 10.2 Å². The lowest BCUT2D eigenvalue weighted by molar-refractivity contribution is 0.588. The number of likely N-dealkylation sites (N-methyl/N-ethyl adjacent to an activating group) is 1. The lowest BCUT2D eigenvalue weighted by Gasteiger charge is -2.31. The minimum atomic E-state index is -3.10. The summed E-state index contributed by atoms with van der Waals surface area (Å²) in [6, 6.07) is 5.33. The summed E-state index contributed by atoms with van der Waals surface area (Å²) in [5, 5.41) is 3.08. The minimum Gasteiger partial charge on any atom is -0.368 e. The fraction of sp³-hybridized carbons (Fsp3) is 0.455. The van der Waals surface area contributed by atoms with Gasteiger partial charge in [-0.25, -0.2) is 8.42 Å². The van der Waals surface area contributed by atoms with Gasteiger partial charge in [0.2, 0.25) is 0 Å². The van der Waals surface area contributed by atoms with Crippen LogP contribution in [0.5, 0.6) is 0 Å². The number of anilines is 1. The van der Waals surface area contributed by atoms with Gasteiger partial charge in [-0.1, -0.05) is 15.9 Å². The molecule has 0 aliphatic carbocycles. The summed E-state index contributed by atoms with van der Waals surface area (Å²) in [4.78, 5) is 2.56. The first-order valence-electron chi connectivity index (χ1n) is 5.46. The molecular formula is C11H15BrN2O2S. The molecule has 0 aromatic heterocycles. The molecule has 0 unspecified atom stereocenters. The topological polar surface area (TPSA) is 49.4 Å². The fourth-order valence-corrected chi connectivity index (χ4v) is 3.75. The van der Waals surface area contributed by atoms with Crippen molar-refractivity contribution < 1.29 is 8.42 Å². The number of nitrogens with one attached hydrogen (secondary N) is 1. The van der Waals surface area contributed by atoms with Crippen molar-refractivity contribution in [1.82, 2.24) is 5.32 Å². The third kappa shape index (κ3) is 2.64. The molecule has 0 saturated carbocycles. The Kier molecular flexibility index (Phi) is 3.75. The largest absolute Gasteiger partial charge is 0.368 e. The summed E-state index contributed by atoms with van der Waals surface area (Å²) in [7, 11) is -1.21. The van der Waals surface area contributed by atoms with Crippen molar-refractivity contribution in [2.24, 2.45) is 0 Å². The average Bonchev–Trinajstić information content (AvgIpc) is 2.28. The molecule has 94 valence electrons. The predicted molar refractivity (Wildman–Crippen MR) is 72.3 cm³/mol. The first-order chi connectivity index (χ1) is 8.04. The second-order valence-corrected chi connectivity index (χ2v) is 7.01. The van der Waals surface area contributed by atoms with Crippen molar-refractivity contribution in [3.8, 4) is 0 Å². The van der Waals surface area contributed by atoms with Gasteiger partial charge in [0.1, 0.15) is 0 Å². The molecule has 1 aliphatic rings. The van der Waals surface area contributed by atoms with E-state index in [1.807, 2.05) is 13.1 Å². The van der Waals surface area contributed by atoms with E-state index in [0.29, 0.717) is 11.4 Å². The Balaban J connectivity index is 2.42. The van der Waals surface area contributed by atoms with Crippen molar-refractivity contribution in [2.75, 3.05) is 37.3 Å². The summed E-state index contributed by atoms with van der Waals surface area (Å²) < 4.78 is 24.8. The van der Waals surface area contributed by atoms with Crippen LogP contribution in [-0.4, -0.2) is 40.9 Å². The molecule has 0 fully saturated rings. The van der Waals surface area contributed by atoms with E-state index < -0.39 is 9.84 Å². The number of hydrogen-bond donors (Lipinski definition) is 1. The lowest BCUT2D eigenvalue weighted by atomic mass is 10.2. The molecule has 1 N–H and O–H groups in total. The zero-order valence-corrected chi connectivity index (χ0v) is 12.0. The number of halogens is 1. The van der Waals surface area contributed by atoms with Gasteiger partial charge in [-0.2, -0.15) is 0 Å². The molecule has 17 heavy (non-hydrogen) atoms. The van der Waals surface area contributed by atoms with E-state index >= 15 is 0 Å². The minimum absolute atomic E-state index is 0.200. The zero-order valence-electron chi connectivity index (χ0n) is 9.61. The third-order valence-corrected chi connectivity index (χ3v) is 5.09. The van der Waals surface area contributed by atoms with Gasteiger partial charge in [0.15, 0.2) is 9.84 Å². The Bertz CT molecular complexity index is 516. The first kappa shape index (κ1) is 12.9. The van der Waals surface area contributed by atoms with Crippen molar-refractivity contribution in [2.45, 2.75) is 4.90 Å². The molecule has 6 heteroatoms. The van der Waals surface area contributed by atoms with Gasteiger partial charge in [-0.3, -0.25) is 0 Å². The summed E-state index contributed by atoms with van der Waals surface area (Å²) in [6.45, 7) is 2.22. The molecule has 1 aromatic carbocycles. The maximum absolute atomic E-state index is 11.9. The quantitative estimate of drug-likeness (QED) is 0.911. The van der Waals surface area contributed by atoms with Gasteiger partial charge in [-0.15, -0.1) is 0 Å². The maximum atomic E-state index is 11.9. The van der Waals surface area contributed by atoms with Crippen molar-refractivity contribution in [3.63, 3.8) is 0 Å². The molecule has 0 amide bonds. The van der Waals surface area contributed by atoms with E-state index in [0.717, 1.165) is 23.2 Å². The predicted octanol–water partition coefficient (Wildman–Crippen LogP) is 1.26. The van der Waals surface area contributed by atoms with Gasteiger partial charge in [0.05, 0.1) is 16.3 Å². The summed E-state index contributed by atoms with van der Waals surface area (Å²) in [5.74, 6) is 0.200. The third-order valence-electron chi connectivity index (χ3n) is 2.86. The standard InChI is InChI=1S/C11H15BrN2O2S/c1-13-4-5-14-6-7-17(15,16)11-3-2-9(12)8-10(11)14/h2-3,8,13H,4-7H2,1H3. The number of hydrogen-bond acceptors (Lipinski definition) is 4. The zero-order chi connectivity index (χ0) is 12.5. The van der Waals surface area contributed by atoms with E-state index in [4.69, 9.17) is 0 Å². The number of rotatable bonds is 3. The number of sulfone groups is 1. The second-order valence-electron chi connectivity index (χ2n) is 4.02. The molecule has 1 heterocycles. The van der Waals surface area contributed by atoms with Crippen LogP contribution >= 0.6 is 15.9 Å². The number of benzene rings is 1. The SMILES string of the molecule is CNCCN1CCS(=O)(=O)c2ccc(Br)cc21. The highest BCUT2D eigenvalue weighted by Gasteiger charge is 2.27. The van der Waals surface area contributed by atoms with Gasteiger partial charge in [-0.05, 0) is 25.2 Å². The molecule has 0 atom stereocenters. The Hall–Kier alpha value is -0.590. The Morgan fingerprint density at radius 1 is 1.47 bits per heavy atom. The molecule has 4 nitrogen and oxygen atoms in total. The van der Waals surface area contributed by atoms with Crippen molar-refractivity contribution in [3.05, 3.63) is 22.7 Å². The Morgan fingerprint density at radius 3 is 2.94 bits per heavy atom. The van der Waals surface area contributed by atoms with Gasteiger partial charge in [0.25, 0.3) is 0 Å². The van der Waals surface area contributed by atoms with Crippen LogP contribution in [0.1, 0.15) is 0 Å². The molecule has 0 radical (unpaired) electrons. The van der Waals surface area contributed by atoms with Crippen LogP contribution in [0.2, 0.25) is 0 Å². The van der Waals surface area contributed by atoms with Crippen LogP contribution in [0.25, 0.3) is 0 Å². The van der Waals surface area contributed by atoms with E-state index in [1.165, 1.54) is 0 Å². The van der Waals surface area contributed by atoms with Gasteiger partial charge >= 0.3 is 0 Å². The van der Waals surface area contributed by atoms with E-state index in [1.54, 1.807) is 12.1 Å². The Morgan fingerprint density at radius 2 is 2.24 bits per heavy atom. The Labute approximate surface area is 110 Å². The highest BCUT2D eigenvalue weighted by Crippen LogP contribution is 2.32. The molecular weight excluding hydrogens is 304 g/mol. The van der Waals surface area contributed by atoms with Gasteiger partial charge in [0, 0.05) is 24.1 Å². The van der Waals surface area contributed by atoms with Crippen LogP contribution in [0.15, 0.2) is 27.6 Å². The van der Waals surface area contributed by atoms with E-state index in [-0.39, 0.29) is 5.75 Å². The highest BCUT2D eigenvalue weighted by molar-refractivity contribution is 9.10. The molecule has 2 rings (SSSR count). The van der Waals surface area contributed by atoms with Crippen LogP contribution in [0, 0.1) is 0 Å². The van der Waals surface area contributed by atoms with Crippen LogP contribution in [0.3, 0.4) is 0 Å². The van der Waals surface area contributed by atoms with Crippen molar-refractivity contribution in [1.29, 1.82) is 0 Å². The fourth-order valence-electron chi connectivity index (χ4n) is 1.94. The van der Waals surface area contributed by atoms with Crippen molar-refractivity contribution >= 4 is 31.5 Å². The van der Waals surface area contributed by atoms with Crippen LogP contribution in [0.4, 0.5) is 5.69 Å². The molecule has 0 spiro atoms. The second kappa shape index (κ2) is 4.96. The molecule has 1 aliphatic heterocycles. The smallest absolute Gasteiger partial charge is 0.182 e. The monoisotopic (exact) mass is 318 g/mol. The summed E-state index contributed by atoms with van der Waals surface area (Å²) in [5.41, 5.74) is 0.806. The molecule has 0 bridgehead atoms. The maximum Gasteiger partial charge on any atom is 0.182 e. The number of fused-ring (bicyclic) bond motifs is 1. The molecule has 1 aromatic rings. The summed E-state index contributed by atoms with van der Waals surface area (Å²) >= 11 is 3.39. The van der Waals surface area contributed by atoms with Gasteiger partial charge < -0.3 is 10.2 Å². The molecule has 0 saturated heterocycles. The summed E-state index contributed by atoms with van der Waals surface area (Å²) in [6.07, 6.45) is 0. The van der Waals surface area contributed by atoms with Crippen LogP contribution in [-0.2, 0) is 9.84 Å². The van der Waals surface area contributed by atoms with E-state index in [9.17, 15) is 8.42 Å². The first-order valence-corrected chi connectivity index (χ1v) is 7.91.